The third kappa shape index (κ3) is 3.66. The maximum atomic E-state index is 13.7. The number of rotatable bonds is 5. The summed E-state index contributed by atoms with van der Waals surface area (Å²) in [5, 5.41) is 3.15. The van der Waals surface area contributed by atoms with Crippen molar-refractivity contribution in [1.29, 1.82) is 0 Å². The number of allylic oxidation sites excluding steroid dienone is 1. The molecule has 0 saturated carbocycles. The first kappa shape index (κ1) is 12.7. The van der Waals surface area contributed by atoms with Crippen molar-refractivity contribution >= 4 is 0 Å². The Morgan fingerprint density at radius 1 is 1.44 bits per heavy atom. The fourth-order valence-electron chi connectivity index (χ4n) is 1.33. The molecule has 0 bridgehead atoms. The summed E-state index contributed by atoms with van der Waals surface area (Å²) in [6, 6.07) is 5.17. The summed E-state index contributed by atoms with van der Waals surface area (Å²) < 4.78 is 18.6. The van der Waals surface area contributed by atoms with Gasteiger partial charge in [0, 0.05) is 18.7 Å². The zero-order valence-electron chi connectivity index (χ0n) is 10.0. The van der Waals surface area contributed by atoms with Crippen LogP contribution in [0, 0.1) is 5.82 Å². The Morgan fingerprint density at radius 3 is 2.81 bits per heavy atom. The average molecular weight is 223 g/mol. The smallest absolute Gasteiger partial charge is 0.169 e. The summed E-state index contributed by atoms with van der Waals surface area (Å²) in [5.41, 5.74) is 1.88. The number of nitrogens with one attached hydrogen (secondary N) is 1. The molecule has 0 saturated heterocycles. The average Bonchev–Trinajstić information content (AvgIpc) is 2.26. The number of hydrogen-bond acceptors (Lipinski definition) is 2. The molecule has 0 amide bonds. The van der Waals surface area contributed by atoms with Gasteiger partial charge in [-0.2, -0.15) is 0 Å². The van der Waals surface area contributed by atoms with Crippen molar-refractivity contribution in [2.45, 2.75) is 20.4 Å². The predicted molar refractivity (Wildman–Crippen MR) is 64.1 cm³/mol. The minimum Gasteiger partial charge on any atom is -0.494 e. The highest BCUT2D eigenvalue weighted by atomic mass is 19.1. The van der Waals surface area contributed by atoms with Crippen LogP contribution >= 0.6 is 0 Å². The van der Waals surface area contributed by atoms with Gasteiger partial charge in [-0.25, -0.2) is 4.39 Å². The topological polar surface area (TPSA) is 21.3 Å². The summed E-state index contributed by atoms with van der Waals surface area (Å²) >= 11 is 0. The monoisotopic (exact) mass is 223 g/mol. The van der Waals surface area contributed by atoms with Crippen LogP contribution < -0.4 is 10.1 Å². The molecule has 0 aliphatic heterocycles. The molecule has 2 nitrogen and oxygen atoms in total. The number of ether oxygens (including phenoxy) is 1. The fourth-order valence-corrected chi connectivity index (χ4v) is 1.33. The highest BCUT2D eigenvalue weighted by Crippen LogP contribution is 2.19. The van der Waals surface area contributed by atoms with Crippen molar-refractivity contribution in [1.82, 2.24) is 5.32 Å². The van der Waals surface area contributed by atoms with Crippen LogP contribution in [0.5, 0.6) is 5.75 Å². The summed E-state index contributed by atoms with van der Waals surface area (Å²) in [4.78, 5) is 0. The molecular formula is C13H18FNO. The minimum absolute atomic E-state index is 0.283. The summed E-state index contributed by atoms with van der Waals surface area (Å²) in [7, 11) is 1.47. The number of halogens is 1. The third-order valence-corrected chi connectivity index (χ3v) is 2.23. The summed E-state index contributed by atoms with van der Waals surface area (Å²) in [5.74, 6) is 0.0104. The van der Waals surface area contributed by atoms with Crippen LogP contribution in [0.1, 0.15) is 19.4 Å². The normalized spacial score (nSPS) is 10.0. The van der Waals surface area contributed by atoms with Crippen molar-refractivity contribution in [3.8, 4) is 5.75 Å². The lowest BCUT2D eigenvalue weighted by Gasteiger charge is -2.07. The minimum atomic E-state index is -0.283. The number of methoxy groups -OCH3 is 1. The molecule has 0 fully saturated rings. The van der Waals surface area contributed by atoms with Gasteiger partial charge in [0.1, 0.15) is 0 Å². The Balaban J connectivity index is 2.57. The van der Waals surface area contributed by atoms with Gasteiger partial charge in [0.25, 0.3) is 0 Å². The molecule has 0 aromatic heterocycles. The quantitative estimate of drug-likeness (QED) is 0.612. The van der Waals surface area contributed by atoms with E-state index in [1.165, 1.54) is 12.7 Å². The van der Waals surface area contributed by atoms with E-state index in [2.05, 4.69) is 11.4 Å². The Labute approximate surface area is 96.1 Å². The SMILES string of the molecule is COc1cccc(CNCC=C(C)C)c1F. The van der Waals surface area contributed by atoms with Gasteiger partial charge in [-0.3, -0.25) is 0 Å². The second kappa shape index (κ2) is 6.28. The molecule has 16 heavy (non-hydrogen) atoms. The van der Waals surface area contributed by atoms with Gasteiger partial charge < -0.3 is 10.1 Å². The lowest BCUT2D eigenvalue weighted by Crippen LogP contribution is -2.14. The molecule has 1 aromatic carbocycles. The molecule has 88 valence electrons. The maximum Gasteiger partial charge on any atom is 0.169 e. The molecular weight excluding hydrogens is 205 g/mol. The van der Waals surface area contributed by atoms with Gasteiger partial charge in [0.05, 0.1) is 7.11 Å². The van der Waals surface area contributed by atoms with Crippen LogP contribution in [0.25, 0.3) is 0 Å². The van der Waals surface area contributed by atoms with E-state index in [-0.39, 0.29) is 5.82 Å². The van der Waals surface area contributed by atoms with E-state index < -0.39 is 0 Å². The van der Waals surface area contributed by atoms with E-state index in [9.17, 15) is 4.39 Å². The first-order valence-electron chi connectivity index (χ1n) is 5.30. The van der Waals surface area contributed by atoms with Crippen molar-refractivity contribution in [2.75, 3.05) is 13.7 Å². The number of hydrogen-bond donors (Lipinski definition) is 1. The summed E-state index contributed by atoms with van der Waals surface area (Å²) in [6.45, 7) is 5.33. The molecule has 0 atom stereocenters. The first-order valence-corrected chi connectivity index (χ1v) is 5.30. The van der Waals surface area contributed by atoms with Gasteiger partial charge in [-0.1, -0.05) is 23.8 Å². The zero-order chi connectivity index (χ0) is 12.0. The van der Waals surface area contributed by atoms with Gasteiger partial charge in [0.15, 0.2) is 11.6 Å². The molecule has 1 aromatic rings. The second-order valence-electron chi connectivity index (χ2n) is 3.85. The molecule has 0 aliphatic carbocycles. The van der Waals surface area contributed by atoms with Gasteiger partial charge in [-0.05, 0) is 19.9 Å². The standard InChI is InChI=1S/C13H18FNO/c1-10(2)7-8-15-9-11-5-4-6-12(16-3)13(11)14/h4-7,15H,8-9H2,1-3H3. The van der Waals surface area contributed by atoms with Gasteiger partial charge in [0.2, 0.25) is 0 Å². The highest BCUT2D eigenvalue weighted by Gasteiger charge is 2.06. The van der Waals surface area contributed by atoms with Crippen LogP contribution in [-0.2, 0) is 6.54 Å². The predicted octanol–water partition coefficient (Wildman–Crippen LogP) is 2.89. The third-order valence-electron chi connectivity index (χ3n) is 2.23. The Hall–Kier alpha value is -1.35. The Bertz CT molecular complexity index is 370. The van der Waals surface area contributed by atoms with Crippen molar-refractivity contribution in [2.24, 2.45) is 0 Å². The van der Waals surface area contributed by atoms with E-state index in [1.54, 1.807) is 18.2 Å². The van der Waals surface area contributed by atoms with Crippen LogP contribution in [0.3, 0.4) is 0 Å². The van der Waals surface area contributed by atoms with Crippen molar-refractivity contribution in [3.05, 3.63) is 41.2 Å². The van der Waals surface area contributed by atoms with Crippen LogP contribution in [0.2, 0.25) is 0 Å². The van der Waals surface area contributed by atoms with E-state index in [0.29, 0.717) is 17.9 Å². The second-order valence-corrected chi connectivity index (χ2v) is 3.85. The van der Waals surface area contributed by atoms with E-state index in [1.807, 2.05) is 13.8 Å². The van der Waals surface area contributed by atoms with Crippen LogP contribution in [0.15, 0.2) is 29.8 Å². The summed E-state index contributed by atoms with van der Waals surface area (Å²) in [6.07, 6.45) is 2.07. The van der Waals surface area contributed by atoms with Gasteiger partial charge in [-0.15, -0.1) is 0 Å². The maximum absolute atomic E-state index is 13.7. The highest BCUT2D eigenvalue weighted by molar-refractivity contribution is 5.30. The molecule has 1 rings (SSSR count). The fraction of sp³-hybridized carbons (Fsp3) is 0.385. The van der Waals surface area contributed by atoms with E-state index >= 15 is 0 Å². The van der Waals surface area contributed by atoms with Crippen LogP contribution in [-0.4, -0.2) is 13.7 Å². The molecule has 0 spiro atoms. The number of benzene rings is 1. The lowest BCUT2D eigenvalue weighted by atomic mass is 10.2. The molecule has 0 unspecified atom stereocenters. The molecule has 1 N–H and O–H groups in total. The lowest BCUT2D eigenvalue weighted by molar-refractivity contribution is 0.383. The van der Waals surface area contributed by atoms with Gasteiger partial charge >= 0.3 is 0 Å². The van der Waals surface area contributed by atoms with Crippen molar-refractivity contribution < 1.29 is 9.13 Å². The Morgan fingerprint density at radius 2 is 2.19 bits per heavy atom. The Kier molecular flexibility index (Phi) is 4.99. The zero-order valence-corrected chi connectivity index (χ0v) is 10.0. The van der Waals surface area contributed by atoms with Crippen LogP contribution in [0.4, 0.5) is 4.39 Å². The molecule has 0 heterocycles. The van der Waals surface area contributed by atoms with Crippen molar-refractivity contribution in [3.63, 3.8) is 0 Å². The van der Waals surface area contributed by atoms with E-state index in [0.717, 1.165) is 6.54 Å². The van der Waals surface area contributed by atoms with E-state index in [4.69, 9.17) is 4.74 Å². The molecule has 0 aliphatic rings. The largest absolute Gasteiger partial charge is 0.494 e. The molecule has 0 radical (unpaired) electrons. The first-order chi connectivity index (χ1) is 7.65. The molecule has 3 heteroatoms.